The molecule has 0 saturated carbocycles. The van der Waals surface area contributed by atoms with Crippen molar-refractivity contribution >= 4 is 0 Å². The second kappa shape index (κ2) is 26.7. The third-order valence-corrected chi connectivity index (χ3v) is 8.09. The zero-order chi connectivity index (χ0) is 29.1. The summed E-state index contributed by atoms with van der Waals surface area (Å²) in [6, 6.07) is 0. The fourth-order valence-electron chi connectivity index (χ4n) is 5.51. The van der Waals surface area contributed by atoms with E-state index >= 15 is 0 Å². The number of nitrogens with zero attached hydrogens (tertiary/aromatic N) is 2. The van der Waals surface area contributed by atoms with Gasteiger partial charge >= 0.3 is 0 Å². The summed E-state index contributed by atoms with van der Waals surface area (Å²) in [5.41, 5.74) is 0. The average Bonchev–Trinajstić information content (AvgIpc) is 2.86. The molecule has 0 aromatic rings. The van der Waals surface area contributed by atoms with E-state index < -0.39 is 0 Å². The summed E-state index contributed by atoms with van der Waals surface area (Å²) in [6.07, 6.45) is 28.9. The Balaban J connectivity index is 4.17. The van der Waals surface area contributed by atoms with Crippen LogP contribution in [-0.4, -0.2) is 89.8 Å². The fourth-order valence-corrected chi connectivity index (χ4v) is 5.51. The lowest BCUT2D eigenvalue weighted by Gasteiger charge is -2.34. The number of ether oxygens (including phenoxy) is 2. The van der Waals surface area contributed by atoms with E-state index in [0.717, 1.165) is 35.3 Å². The topological polar surface area (TPSA) is 18.5 Å². The molecule has 39 heavy (non-hydrogen) atoms. The zero-order valence-corrected chi connectivity index (χ0v) is 28.4. The first-order valence-electron chi connectivity index (χ1n) is 17.5. The van der Waals surface area contributed by atoms with Gasteiger partial charge in [0.05, 0.1) is 54.9 Å². The summed E-state index contributed by atoms with van der Waals surface area (Å²) < 4.78 is 14.7. The van der Waals surface area contributed by atoms with Gasteiger partial charge in [-0.2, -0.15) is 0 Å². The van der Waals surface area contributed by atoms with Crippen LogP contribution < -0.4 is 0 Å². The Morgan fingerprint density at radius 3 is 1.31 bits per heavy atom. The molecule has 0 N–H and O–H groups in total. The third-order valence-electron chi connectivity index (χ3n) is 8.09. The first-order valence-corrected chi connectivity index (χ1v) is 17.5. The highest BCUT2D eigenvalue weighted by Crippen LogP contribution is 2.13. The highest BCUT2D eigenvalue weighted by molar-refractivity contribution is 4.58. The number of hydrogen-bond donors (Lipinski definition) is 0. The van der Waals surface area contributed by atoms with E-state index in [9.17, 15) is 0 Å². The predicted octanol–water partition coefficient (Wildman–Crippen LogP) is 9.40. The molecule has 0 aliphatic carbocycles. The molecule has 0 bridgehead atoms. The van der Waals surface area contributed by atoms with Crippen LogP contribution in [0.25, 0.3) is 0 Å². The predicted molar refractivity (Wildman–Crippen MR) is 174 cm³/mol. The van der Waals surface area contributed by atoms with Crippen molar-refractivity contribution in [3.05, 3.63) is 0 Å². The highest BCUT2D eigenvalue weighted by atomic mass is 16.5. The SMILES string of the molecule is CCCCCCCCCCCCOCC(C[N+](C)(C)CCC[N+](C)(C)C)OCCCCCCCCCCCC. The molecule has 1 unspecified atom stereocenters. The van der Waals surface area contributed by atoms with Gasteiger partial charge in [0.15, 0.2) is 0 Å². The van der Waals surface area contributed by atoms with Gasteiger partial charge in [-0.25, -0.2) is 0 Å². The summed E-state index contributed by atoms with van der Waals surface area (Å²) in [6.45, 7) is 10.6. The maximum absolute atomic E-state index is 6.45. The highest BCUT2D eigenvalue weighted by Gasteiger charge is 2.24. The van der Waals surface area contributed by atoms with Gasteiger partial charge in [-0.1, -0.05) is 129 Å². The average molecular weight is 557 g/mol. The molecule has 1 atom stereocenters. The number of quaternary nitrogens is 2. The van der Waals surface area contributed by atoms with Crippen molar-refractivity contribution in [1.29, 1.82) is 0 Å². The lowest BCUT2D eigenvalue weighted by Crippen LogP contribution is -2.49. The monoisotopic (exact) mass is 557 g/mol. The minimum Gasteiger partial charge on any atom is -0.379 e. The van der Waals surface area contributed by atoms with Crippen LogP contribution in [0, 0.1) is 0 Å². The van der Waals surface area contributed by atoms with Crippen LogP contribution in [0.4, 0.5) is 0 Å². The summed E-state index contributed by atoms with van der Waals surface area (Å²) in [5.74, 6) is 0. The van der Waals surface area contributed by atoms with E-state index in [-0.39, 0.29) is 6.10 Å². The lowest BCUT2D eigenvalue weighted by atomic mass is 10.1. The van der Waals surface area contributed by atoms with Crippen molar-refractivity contribution < 1.29 is 18.4 Å². The Morgan fingerprint density at radius 2 is 0.872 bits per heavy atom. The molecule has 4 nitrogen and oxygen atoms in total. The van der Waals surface area contributed by atoms with E-state index in [2.05, 4.69) is 49.1 Å². The van der Waals surface area contributed by atoms with E-state index in [4.69, 9.17) is 9.47 Å². The third kappa shape index (κ3) is 30.6. The van der Waals surface area contributed by atoms with E-state index in [1.165, 1.54) is 148 Å². The molecular weight excluding hydrogens is 480 g/mol. The maximum atomic E-state index is 6.45. The smallest absolute Gasteiger partial charge is 0.130 e. The van der Waals surface area contributed by atoms with Gasteiger partial charge in [0, 0.05) is 19.6 Å². The van der Waals surface area contributed by atoms with Crippen LogP contribution in [0.1, 0.15) is 149 Å². The molecule has 0 radical (unpaired) electrons. The maximum Gasteiger partial charge on any atom is 0.130 e. The standard InChI is InChI=1S/C35H76N2O2/c1-8-10-12-14-16-18-20-22-24-26-31-38-34-35(33-37(6,7)30-28-29-36(3,4)5)39-32-27-25-23-21-19-17-15-13-11-9-2/h35H,8-34H2,1-7H3/q+2. The molecule has 0 amide bonds. The van der Waals surface area contributed by atoms with Crippen molar-refractivity contribution in [2.24, 2.45) is 0 Å². The van der Waals surface area contributed by atoms with Gasteiger partial charge in [0.1, 0.15) is 12.6 Å². The molecule has 0 aliphatic heterocycles. The van der Waals surface area contributed by atoms with Crippen molar-refractivity contribution in [2.75, 3.05) is 74.7 Å². The summed E-state index contributed by atoms with van der Waals surface area (Å²) in [5, 5.41) is 0. The minimum absolute atomic E-state index is 0.214. The normalized spacial score (nSPS) is 13.3. The number of rotatable bonds is 31. The Labute approximate surface area is 247 Å². The van der Waals surface area contributed by atoms with Crippen molar-refractivity contribution in [1.82, 2.24) is 0 Å². The van der Waals surface area contributed by atoms with Gasteiger partial charge < -0.3 is 18.4 Å². The Bertz CT molecular complexity index is 490. The van der Waals surface area contributed by atoms with Gasteiger partial charge in [0.2, 0.25) is 0 Å². The van der Waals surface area contributed by atoms with Crippen LogP contribution in [0.2, 0.25) is 0 Å². The van der Waals surface area contributed by atoms with Crippen molar-refractivity contribution in [3.8, 4) is 0 Å². The second-order valence-corrected chi connectivity index (χ2v) is 14.1. The van der Waals surface area contributed by atoms with E-state index in [1.54, 1.807) is 0 Å². The number of hydrogen-bond acceptors (Lipinski definition) is 2. The zero-order valence-electron chi connectivity index (χ0n) is 28.4. The molecule has 0 saturated heterocycles. The van der Waals surface area contributed by atoms with Gasteiger partial charge in [-0.3, -0.25) is 0 Å². The summed E-state index contributed by atoms with van der Waals surface area (Å²) in [4.78, 5) is 0. The summed E-state index contributed by atoms with van der Waals surface area (Å²) >= 11 is 0. The van der Waals surface area contributed by atoms with E-state index in [0.29, 0.717) is 0 Å². The van der Waals surface area contributed by atoms with Crippen LogP contribution >= 0.6 is 0 Å². The van der Waals surface area contributed by atoms with Crippen LogP contribution in [-0.2, 0) is 9.47 Å². The molecule has 0 aromatic carbocycles. The number of likely N-dealkylation sites (N-methyl/N-ethyl adjacent to an activating group) is 1. The lowest BCUT2D eigenvalue weighted by molar-refractivity contribution is -0.904. The molecule has 0 aromatic heterocycles. The minimum atomic E-state index is 0.214. The molecule has 4 heteroatoms. The Hall–Kier alpha value is -0.160. The molecule has 0 heterocycles. The van der Waals surface area contributed by atoms with Crippen molar-refractivity contribution in [2.45, 2.75) is 155 Å². The van der Waals surface area contributed by atoms with E-state index in [1.807, 2.05) is 0 Å². The largest absolute Gasteiger partial charge is 0.379 e. The molecule has 0 fully saturated rings. The molecule has 236 valence electrons. The molecule has 0 spiro atoms. The number of unbranched alkanes of at least 4 members (excludes halogenated alkanes) is 18. The first-order chi connectivity index (χ1) is 18.7. The quantitative estimate of drug-likeness (QED) is 0.0625. The van der Waals surface area contributed by atoms with Crippen molar-refractivity contribution in [3.63, 3.8) is 0 Å². The van der Waals surface area contributed by atoms with Crippen LogP contribution in [0.3, 0.4) is 0 Å². The molecular formula is C35H76N2O2+2. The molecule has 0 rings (SSSR count). The van der Waals surface area contributed by atoms with Gasteiger partial charge in [-0.15, -0.1) is 0 Å². The molecule has 0 aliphatic rings. The Morgan fingerprint density at radius 1 is 0.462 bits per heavy atom. The fraction of sp³-hybridized carbons (Fsp3) is 1.00. The van der Waals surface area contributed by atoms with Gasteiger partial charge in [-0.05, 0) is 12.8 Å². The van der Waals surface area contributed by atoms with Crippen LogP contribution in [0.15, 0.2) is 0 Å². The van der Waals surface area contributed by atoms with Crippen LogP contribution in [0.5, 0.6) is 0 Å². The Kier molecular flexibility index (Phi) is 26.6. The second-order valence-electron chi connectivity index (χ2n) is 14.1. The summed E-state index contributed by atoms with van der Waals surface area (Å²) in [7, 11) is 11.6. The van der Waals surface area contributed by atoms with Gasteiger partial charge in [0.25, 0.3) is 0 Å². The first kappa shape index (κ1) is 38.8.